The van der Waals surface area contributed by atoms with E-state index in [1.54, 1.807) is 33.9 Å². The summed E-state index contributed by atoms with van der Waals surface area (Å²) in [6.45, 7) is 7.41. The van der Waals surface area contributed by atoms with Crippen molar-refractivity contribution in [3.8, 4) is 0 Å². The Morgan fingerprint density at radius 1 is 1.42 bits per heavy atom. The third-order valence-corrected chi connectivity index (χ3v) is 2.39. The van der Waals surface area contributed by atoms with Crippen molar-refractivity contribution in [1.29, 1.82) is 0 Å². The number of amides is 1. The molecule has 0 radical (unpaired) electrons. The second kappa shape index (κ2) is 6.45. The van der Waals surface area contributed by atoms with Crippen LogP contribution >= 0.6 is 0 Å². The summed E-state index contributed by atoms with van der Waals surface area (Å²) in [6, 6.07) is -0.502. The van der Waals surface area contributed by atoms with Crippen molar-refractivity contribution in [2.45, 2.75) is 52.2 Å². The van der Waals surface area contributed by atoms with Gasteiger partial charge < -0.3 is 9.47 Å². The number of allylic oxidation sites excluding steroid dienone is 1. The molecule has 0 saturated heterocycles. The van der Waals surface area contributed by atoms with E-state index in [9.17, 15) is 9.59 Å². The van der Waals surface area contributed by atoms with Crippen molar-refractivity contribution in [2.24, 2.45) is 0 Å². The molecule has 1 aliphatic rings. The van der Waals surface area contributed by atoms with E-state index < -0.39 is 17.7 Å². The molecule has 0 aromatic carbocycles. The molecule has 0 aliphatic carbocycles. The summed E-state index contributed by atoms with van der Waals surface area (Å²) in [4.78, 5) is 23.5. The number of hydrazine groups is 1. The van der Waals surface area contributed by atoms with E-state index in [1.165, 1.54) is 5.01 Å². The number of carbonyl (C=O) groups is 2. The van der Waals surface area contributed by atoms with Gasteiger partial charge in [-0.1, -0.05) is 6.08 Å². The van der Waals surface area contributed by atoms with Gasteiger partial charge in [0.05, 0.1) is 6.61 Å². The van der Waals surface area contributed by atoms with Gasteiger partial charge in [0, 0.05) is 6.20 Å². The van der Waals surface area contributed by atoms with Gasteiger partial charge in [0.2, 0.25) is 0 Å². The first-order chi connectivity index (χ1) is 8.83. The van der Waals surface area contributed by atoms with Crippen LogP contribution in [0.4, 0.5) is 4.79 Å². The average Bonchev–Trinajstić information content (AvgIpc) is 2.27. The van der Waals surface area contributed by atoms with Crippen LogP contribution in [0.25, 0.3) is 0 Å². The average molecular weight is 270 g/mol. The number of rotatable bonds is 3. The highest BCUT2D eigenvalue weighted by Crippen LogP contribution is 2.15. The van der Waals surface area contributed by atoms with Crippen molar-refractivity contribution in [2.75, 3.05) is 6.61 Å². The van der Waals surface area contributed by atoms with E-state index >= 15 is 0 Å². The molecular weight excluding hydrogens is 248 g/mol. The molecule has 0 bridgehead atoms. The maximum atomic E-state index is 11.8. The van der Waals surface area contributed by atoms with E-state index in [-0.39, 0.29) is 5.97 Å². The second-order valence-electron chi connectivity index (χ2n) is 5.25. The highest BCUT2D eigenvalue weighted by atomic mass is 16.6. The normalized spacial score (nSPS) is 18.9. The Bertz CT molecular complexity index is 360. The first kappa shape index (κ1) is 15.3. The minimum Gasteiger partial charge on any atom is -0.464 e. The molecule has 1 unspecified atom stereocenters. The van der Waals surface area contributed by atoms with Crippen LogP contribution in [0.1, 0.15) is 40.5 Å². The number of nitrogens with zero attached hydrogens (tertiary/aromatic N) is 1. The van der Waals surface area contributed by atoms with Crippen LogP contribution in [0, 0.1) is 0 Å². The number of ether oxygens (including phenoxy) is 2. The Morgan fingerprint density at radius 3 is 2.68 bits per heavy atom. The Kier molecular flexibility index (Phi) is 5.20. The molecule has 0 spiro atoms. The lowest BCUT2D eigenvalue weighted by atomic mass is 10.1. The maximum absolute atomic E-state index is 11.8. The third-order valence-electron chi connectivity index (χ3n) is 2.39. The lowest BCUT2D eigenvalue weighted by molar-refractivity contribution is -0.149. The molecule has 6 heteroatoms. The molecule has 0 aromatic heterocycles. The molecule has 1 rings (SSSR count). The van der Waals surface area contributed by atoms with Crippen molar-refractivity contribution in [3.05, 3.63) is 12.3 Å². The van der Waals surface area contributed by atoms with Gasteiger partial charge in [0.15, 0.2) is 0 Å². The van der Waals surface area contributed by atoms with Crippen LogP contribution in [0.15, 0.2) is 12.3 Å². The number of esters is 1. The minimum absolute atomic E-state index is 0.319. The topological polar surface area (TPSA) is 67.9 Å². The van der Waals surface area contributed by atoms with E-state index in [0.29, 0.717) is 13.0 Å². The molecule has 1 aliphatic heterocycles. The van der Waals surface area contributed by atoms with Crippen LogP contribution in [0.2, 0.25) is 0 Å². The van der Waals surface area contributed by atoms with Crippen LogP contribution < -0.4 is 5.43 Å². The molecular formula is C13H22N2O4. The molecule has 1 heterocycles. The number of carbonyl (C=O) groups excluding carboxylic acids is 2. The van der Waals surface area contributed by atoms with Crippen LogP contribution in [-0.4, -0.2) is 35.3 Å². The first-order valence-electron chi connectivity index (χ1n) is 6.44. The van der Waals surface area contributed by atoms with Crippen LogP contribution in [0.3, 0.4) is 0 Å². The Hall–Kier alpha value is -1.72. The van der Waals surface area contributed by atoms with E-state index in [1.807, 2.05) is 6.08 Å². The van der Waals surface area contributed by atoms with Gasteiger partial charge in [0.25, 0.3) is 0 Å². The molecule has 0 fully saturated rings. The van der Waals surface area contributed by atoms with E-state index in [4.69, 9.17) is 9.47 Å². The van der Waals surface area contributed by atoms with Gasteiger partial charge in [-0.25, -0.2) is 15.0 Å². The van der Waals surface area contributed by atoms with Gasteiger partial charge in [-0.3, -0.25) is 5.01 Å². The fourth-order valence-corrected chi connectivity index (χ4v) is 1.68. The van der Waals surface area contributed by atoms with Crippen LogP contribution in [-0.2, 0) is 14.3 Å². The molecule has 0 aromatic rings. The summed E-state index contributed by atoms with van der Waals surface area (Å²) < 4.78 is 10.1. The van der Waals surface area contributed by atoms with E-state index in [2.05, 4.69) is 5.43 Å². The zero-order chi connectivity index (χ0) is 14.5. The first-order valence-corrected chi connectivity index (χ1v) is 6.44. The highest BCUT2D eigenvalue weighted by molar-refractivity contribution is 5.77. The smallest absolute Gasteiger partial charge is 0.426 e. The van der Waals surface area contributed by atoms with Gasteiger partial charge in [-0.15, -0.1) is 0 Å². The Balaban J connectivity index is 2.62. The summed E-state index contributed by atoms with van der Waals surface area (Å²) in [5.41, 5.74) is 1.97. The standard InChI is InChI=1S/C13H22N2O4/c1-5-18-11(16)10-8-6-7-9-15(10)14-12(17)19-13(2,3)4/h7,9-10H,5-6,8H2,1-4H3,(H,14,17). The quantitative estimate of drug-likeness (QED) is 0.794. The lowest BCUT2D eigenvalue weighted by Gasteiger charge is -2.32. The minimum atomic E-state index is -0.589. The maximum Gasteiger partial charge on any atom is 0.426 e. The fourth-order valence-electron chi connectivity index (χ4n) is 1.68. The van der Waals surface area contributed by atoms with Crippen molar-refractivity contribution >= 4 is 12.1 Å². The van der Waals surface area contributed by atoms with Gasteiger partial charge in [0.1, 0.15) is 11.6 Å². The molecule has 1 atom stereocenters. The summed E-state index contributed by atoms with van der Waals surface area (Å²) in [7, 11) is 0. The number of hydrogen-bond donors (Lipinski definition) is 1. The Morgan fingerprint density at radius 2 is 2.11 bits per heavy atom. The predicted octanol–water partition coefficient (Wildman–Crippen LogP) is 1.97. The molecule has 1 N–H and O–H groups in total. The third kappa shape index (κ3) is 5.19. The second-order valence-corrected chi connectivity index (χ2v) is 5.25. The molecule has 6 nitrogen and oxygen atoms in total. The molecule has 0 saturated carbocycles. The summed E-state index contributed by atoms with van der Waals surface area (Å²) >= 11 is 0. The SMILES string of the molecule is CCOC(=O)C1CCC=CN1NC(=O)OC(C)(C)C. The lowest BCUT2D eigenvalue weighted by Crippen LogP contribution is -2.51. The summed E-state index contributed by atoms with van der Waals surface area (Å²) in [5, 5.41) is 1.44. The largest absolute Gasteiger partial charge is 0.464 e. The molecule has 108 valence electrons. The van der Waals surface area contributed by atoms with Crippen molar-refractivity contribution in [3.63, 3.8) is 0 Å². The van der Waals surface area contributed by atoms with Crippen molar-refractivity contribution < 1.29 is 19.1 Å². The molecule has 19 heavy (non-hydrogen) atoms. The van der Waals surface area contributed by atoms with Gasteiger partial charge in [-0.2, -0.15) is 0 Å². The number of hydrogen-bond acceptors (Lipinski definition) is 5. The van der Waals surface area contributed by atoms with Gasteiger partial charge >= 0.3 is 12.1 Å². The monoisotopic (exact) mass is 270 g/mol. The zero-order valence-electron chi connectivity index (χ0n) is 11.9. The summed E-state index contributed by atoms with van der Waals surface area (Å²) in [5.74, 6) is -0.345. The zero-order valence-corrected chi connectivity index (χ0v) is 11.9. The molecule has 1 amide bonds. The van der Waals surface area contributed by atoms with E-state index in [0.717, 1.165) is 6.42 Å². The number of nitrogens with one attached hydrogen (secondary N) is 1. The van der Waals surface area contributed by atoms with Crippen molar-refractivity contribution in [1.82, 2.24) is 10.4 Å². The predicted molar refractivity (Wildman–Crippen MR) is 70.0 cm³/mol. The Labute approximate surface area is 113 Å². The highest BCUT2D eigenvalue weighted by Gasteiger charge is 2.29. The fraction of sp³-hybridized carbons (Fsp3) is 0.692. The van der Waals surface area contributed by atoms with Crippen LogP contribution in [0.5, 0.6) is 0 Å². The van der Waals surface area contributed by atoms with Gasteiger partial charge in [-0.05, 0) is 40.5 Å². The summed E-state index contributed by atoms with van der Waals surface area (Å²) in [6.07, 6.45) is 4.33.